The lowest BCUT2D eigenvalue weighted by molar-refractivity contribution is -0.144. The number of aliphatic carboxylic acids is 1. The minimum absolute atomic E-state index is 0.684. The molecule has 0 aliphatic carbocycles. The summed E-state index contributed by atoms with van der Waals surface area (Å²) in [5.41, 5.74) is -0.772. The summed E-state index contributed by atoms with van der Waals surface area (Å²) in [6.45, 7) is 7.39. The van der Waals surface area contributed by atoms with Crippen LogP contribution in [0.4, 0.5) is 0 Å². The maximum Gasteiger partial charge on any atom is 0.323 e. The third-order valence-corrected chi connectivity index (χ3v) is 3.68. The van der Waals surface area contributed by atoms with Gasteiger partial charge in [-0.05, 0) is 52.2 Å². The fourth-order valence-electron chi connectivity index (χ4n) is 2.22. The molecular weight excluding hydrogens is 204 g/mol. The molecule has 0 aromatic heterocycles. The first kappa shape index (κ1) is 13.5. The Bertz CT molecular complexity index is 245. The van der Waals surface area contributed by atoms with Gasteiger partial charge in [-0.15, -0.1) is 0 Å². The van der Waals surface area contributed by atoms with Crippen molar-refractivity contribution in [1.82, 2.24) is 10.2 Å². The van der Waals surface area contributed by atoms with Crippen LogP contribution in [0.2, 0.25) is 0 Å². The number of likely N-dealkylation sites (tertiary alicyclic amines) is 1. The van der Waals surface area contributed by atoms with Gasteiger partial charge in [0, 0.05) is 6.54 Å². The average molecular weight is 228 g/mol. The summed E-state index contributed by atoms with van der Waals surface area (Å²) < 4.78 is 0. The van der Waals surface area contributed by atoms with Crippen LogP contribution in [0.3, 0.4) is 0 Å². The van der Waals surface area contributed by atoms with Gasteiger partial charge in [-0.1, -0.05) is 6.92 Å². The molecule has 4 heteroatoms. The zero-order valence-electron chi connectivity index (χ0n) is 10.6. The average Bonchev–Trinajstić information content (AvgIpc) is 2.63. The number of carboxylic acids is 1. The monoisotopic (exact) mass is 228 g/mol. The number of hydrogen-bond acceptors (Lipinski definition) is 3. The van der Waals surface area contributed by atoms with Crippen molar-refractivity contribution in [1.29, 1.82) is 0 Å². The van der Waals surface area contributed by atoms with E-state index in [9.17, 15) is 4.79 Å². The molecule has 0 radical (unpaired) electrons. The summed E-state index contributed by atoms with van der Waals surface area (Å²) in [7, 11) is 1.71. The van der Waals surface area contributed by atoms with E-state index < -0.39 is 11.5 Å². The standard InChI is InChI=1S/C12H24N2O2/c1-10-5-8-14(9-10)7-4-6-12(2,13-3)11(15)16/h10,13H,4-9H2,1-3H3,(H,15,16). The lowest BCUT2D eigenvalue weighted by atomic mass is 9.96. The van der Waals surface area contributed by atoms with Crippen LogP contribution in [0.25, 0.3) is 0 Å². The second-order valence-corrected chi connectivity index (χ2v) is 5.19. The van der Waals surface area contributed by atoms with Crippen molar-refractivity contribution in [2.75, 3.05) is 26.7 Å². The van der Waals surface area contributed by atoms with Gasteiger partial charge < -0.3 is 15.3 Å². The van der Waals surface area contributed by atoms with Gasteiger partial charge in [0.25, 0.3) is 0 Å². The highest BCUT2D eigenvalue weighted by Gasteiger charge is 2.30. The molecule has 1 rings (SSSR count). The number of rotatable bonds is 6. The van der Waals surface area contributed by atoms with E-state index >= 15 is 0 Å². The van der Waals surface area contributed by atoms with Crippen molar-refractivity contribution >= 4 is 5.97 Å². The summed E-state index contributed by atoms with van der Waals surface area (Å²) in [5, 5.41) is 12.0. The lowest BCUT2D eigenvalue weighted by Crippen LogP contribution is -2.47. The van der Waals surface area contributed by atoms with Gasteiger partial charge in [-0.2, -0.15) is 0 Å². The van der Waals surface area contributed by atoms with E-state index in [-0.39, 0.29) is 0 Å². The molecule has 1 fully saturated rings. The topological polar surface area (TPSA) is 52.6 Å². The van der Waals surface area contributed by atoms with E-state index in [4.69, 9.17) is 5.11 Å². The van der Waals surface area contributed by atoms with E-state index in [0.29, 0.717) is 6.42 Å². The maximum atomic E-state index is 11.1. The molecule has 1 aliphatic rings. The third kappa shape index (κ3) is 3.46. The van der Waals surface area contributed by atoms with Crippen LogP contribution >= 0.6 is 0 Å². The molecule has 1 heterocycles. The van der Waals surface area contributed by atoms with Gasteiger partial charge in [0.2, 0.25) is 0 Å². The maximum absolute atomic E-state index is 11.1. The molecule has 0 aromatic carbocycles. The quantitative estimate of drug-likeness (QED) is 0.716. The van der Waals surface area contributed by atoms with Crippen molar-refractivity contribution in [3.63, 3.8) is 0 Å². The summed E-state index contributed by atoms with van der Waals surface area (Å²) in [4.78, 5) is 13.5. The Morgan fingerprint density at radius 2 is 2.31 bits per heavy atom. The Morgan fingerprint density at radius 3 is 2.75 bits per heavy atom. The Morgan fingerprint density at radius 1 is 1.62 bits per heavy atom. The van der Waals surface area contributed by atoms with E-state index in [0.717, 1.165) is 18.9 Å². The van der Waals surface area contributed by atoms with E-state index in [1.165, 1.54) is 19.5 Å². The molecule has 2 unspecified atom stereocenters. The molecular formula is C12H24N2O2. The highest BCUT2D eigenvalue weighted by atomic mass is 16.4. The number of nitrogens with zero attached hydrogens (tertiary/aromatic N) is 1. The fourth-order valence-corrected chi connectivity index (χ4v) is 2.22. The van der Waals surface area contributed by atoms with Gasteiger partial charge in [0.05, 0.1) is 0 Å². The predicted molar refractivity (Wildman–Crippen MR) is 64.6 cm³/mol. The summed E-state index contributed by atoms with van der Waals surface area (Å²) in [6, 6.07) is 0. The van der Waals surface area contributed by atoms with E-state index in [1.807, 2.05) is 0 Å². The molecule has 0 spiro atoms. The van der Waals surface area contributed by atoms with Crippen molar-refractivity contribution in [3.05, 3.63) is 0 Å². The molecule has 0 aromatic rings. The number of likely N-dealkylation sites (N-methyl/N-ethyl adjacent to an activating group) is 1. The molecule has 94 valence electrons. The highest BCUT2D eigenvalue weighted by molar-refractivity contribution is 5.78. The van der Waals surface area contributed by atoms with Crippen LogP contribution in [0.5, 0.6) is 0 Å². The number of hydrogen-bond donors (Lipinski definition) is 2. The first-order valence-electron chi connectivity index (χ1n) is 6.12. The second kappa shape index (κ2) is 5.64. The SMILES string of the molecule is CNC(C)(CCCN1CCC(C)C1)C(=O)O. The van der Waals surface area contributed by atoms with Crippen molar-refractivity contribution in [2.45, 2.75) is 38.6 Å². The van der Waals surface area contributed by atoms with Crippen LogP contribution in [-0.2, 0) is 4.79 Å². The summed E-state index contributed by atoms with van der Waals surface area (Å²) >= 11 is 0. The minimum atomic E-state index is -0.772. The smallest absolute Gasteiger partial charge is 0.323 e. The molecule has 2 N–H and O–H groups in total. The molecule has 1 aliphatic heterocycles. The fraction of sp³-hybridized carbons (Fsp3) is 0.917. The normalized spacial score (nSPS) is 25.6. The van der Waals surface area contributed by atoms with Crippen LogP contribution in [0, 0.1) is 5.92 Å². The van der Waals surface area contributed by atoms with Crippen LogP contribution in [0.1, 0.15) is 33.1 Å². The number of carboxylic acid groups (broad SMARTS) is 1. The first-order chi connectivity index (χ1) is 7.48. The van der Waals surface area contributed by atoms with Crippen molar-refractivity contribution in [3.8, 4) is 0 Å². The van der Waals surface area contributed by atoms with Gasteiger partial charge in [0.1, 0.15) is 5.54 Å². The lowest BCUT2D eigenvalue weighted by Gasteiger charge is -2.25. The minimum Gasteiger partial charge on any atom is -0.480 e. The Hall–Kier alpha value is -0.610. The van der Waals surface area contributed by atoms with Crippen LogP contribution in [-0.4, -0.2) is 48.2 Å². The molecule has 0 bridgehead atoms. The van der Waals surface area contributed by atoms with Gasteiger partial charge >= 0.3 is 5.97 Å². The second-order valence-electron chi connectivity index (χ2n) is 5.19. The third-order valence-electron chi connectivity index (χ3n) is 3.68. The molecule has 0 saturated carbocycles. The van der Waals surface area contributed by atoms with Crippen molar-refractivity contribution < 1.29 is 9.90 Å². The molecule has 2 atom stereocenters. The highest BCUT2D eigenvalue weighted by Crippen LogP contribution is 2.17. The Balaban J connectivity index is 2.26. The summed E-state index contributed by atoms with van der Waals surface area (Å²) in [6.07, 6.45) is 2.91. The van der Waals surface area contributed by atoms with Gasteiger partial charge in [-0.3, -0.25) is 4.79 Å². The zero-order valence-corrected chi connectivity index (χ0v) is 10.6. The summed E-state index contributed by atoms with van der Waals surface area (Å²) in [5.74, 6) is 0.0416. The van der Waals surface area contributed by atoms with Gasteiger partial charge in [0.15, 0.2) is 0 Å². The van der Waals surface area contributed by atoms with E-state index in [1.54, 1.807) is 14.0 Å². The first-order valence-corrected chi connectivity index (χ1v) is 6.12. The predicted octanol–water partition coefficient (Wildman–Crippen LogP) is 1.17. The number of carbonyl (C=O) groups is 1. The van der Waals surface area contributed by atoms with Crippen molar-refractivity contribution in [2.24, 2.45) is 5.92 Å². The largest absolute Gasteiger partial charge is 0.480 e. The molecule has 16 heavy (non-hydrogen) atoms. The van der Waals surface area contributed by atoms with Crippen LogP contribution in [0.15, 0.2) is 0 Å². The van der Waals surface area contributed by atoms with E-state index in [2.05, 4.69) is 17.1 Å². The van der Waals surface area contributed by atoms with Gasteiger partial charge in [-0.25, -0.2) is 0 Å². The molecule has 1 saturated heterocycles. The van der Waals surface area contributed by atoms with Crippen LogP contribution < -0.4 is 5.32 Å². The molecule has 0 amide bonds. The zero-order chi connectivity index (χ0) is 12.2. The Labute approximate surface area is 98.0 Å². The Kier molecular flexibility index (Phi) is 4.74. The molecule has 4 nitrogen and oxygen atoms in total. The number of nitrogens with one attached hydrogen (secondary N) is 1.